The standard InChI is InChI=1S/C52H90N2O5/c1-3-5-7-9-11-13-15-16-17-18-19-20-21-22-23-24-25-26-27-29-31-36-40-46-51(56)59-48(42-37-33-30-28-14-12-10-8-6-4-2)43-38-34-32-35-39-45-50(55)54-49(52(57)58)44-41-47-53/h5,7,11,13,16-17,19-20,22-23,25-26,48-49H,3-4,6,8-10,12,14-15,18,21,24,27-47,53H2,1-2H3,(H,54,55)(H,57,58)/b7-5-,13-11-,17-16-,20-19-,23-22-,26-25-. The molecule has 0 bridgehead atoms. The number of carbonyl (C=O) groups is 3. The average Bonchev–Trinajstić information content (AvgIpc) is 3.22. The molecule has 4 N–H and O–H groups in total. The fourth-order valence-corrected chi connectivity index (χ4v) is 6.92. The zero-order chi connectivity index (χ0) is 43.1. The molecule has 0 saturated heterocycles. The Morgan fingerprint density at radius 2 is 0.932 bits per heavy atom. The van der Waals surface area contributed by atoms with Crippen LogP contribution in [-0.2, 0) is 19.1 Å². The van der Waals surface area contributed by atoms with Crippen LogP contribution < -0.4 is 11.1 Å². The van der Waals surface area contributed by atoms with E-state index in [0.717, 1.165) is 122 Å². The predicted octanol–water partition coefficient (Wildman–Crippen LogP) is 14.3. The fraction of sp³-hybridized carbons (Fsp3) is 0.712. The Bertz CT molecular complexity index is 1150. The van der Waals surface area contributed by atoms with Crippen molar-refractivity contribution in [2.75, 3.05) is 6.54 Å². The number of aliphatic carboxylic acids is 1. The van der Waals surface area contributed by atoms with Gasteiger partial charge in [0.05, 0.1) is 0 Å². The number of carboxylic acid groups (broad SMARTS) is 1. The summed E-state index contributed by atoms with van der Waals surface area (Å²) in [5, 5.41) is 12.0. The summed E-state index contributed by atoms with van der Waals surface area (Å²) in [7, 11) is 0. The number of unbranched alkanes of at least 4 members (excludes halogenated alkanes) is 17. The summed E-state index contributed by atoms with van der Waals surface area (Å²) < 4.78 is 6.05. The van der Waals surface area contributed by atoms with Crippen molar-refractivity contribution in [2.45, 2.75) is 231 Å². The number of hydrogen-bond acceptors (Lipinski definition) is 5. The van der Waals surface area contributed by atoms with Gasteiger partial charge in [0.1, 0.15) is 12.1 Å². The first-order valence-corrected chi connectivity index (χ1v) is 24.3. The number of carbonyl (C=O) groups excluding carboxylic acids is 2. The third-order valence-corrected chi connectivity index (χ3v) is 10.5. The van der Waals surface area contributed by atoms with Crippen molar-refractivity contribution in [3.8, 4) is 0 Å². The van der Waals surface area contributed by atoms with Crippen molar-refractivity contribution in [1.29, 1.82) is 0 Å². The van der Waals surface area contributed by atoms with E-state index in [-0.39, 0.29) is 18.0 Å². The Labute approximate surface area is 362 Å². The zero-order valence-corrected chi connectivity index (χ0v) is 38.1. The number of amides is 1. The van der Waals surface area contributed by atoms with Crippen molar-refractivity contribution in [1.82, 2.24) is 5.32 Å². The topological polar surface area (TPSA) is 119 Å². The quantitative estimate of drug-likeness (QED) is 0.0320. The molecule has 0 aliphatic heterocycles. The van der Waals surface area contributed by atoms with Gasteiger partial charge in [-0.15, -0.1) is 0 Å². The van der Waals surface area contributed by atoms with Crippen molar-refractivity contribution in [3.05, 3.63) is 72.9 Å². The third kappa shape index (κ3) is 42.7. The lowest BCUT2D eigenvalue weighted by atomic mass is 10.0. The van der Waals surface area contributed by atoms with Gasteiger partial charge < -0.3 is 20.9 Å². The summed E-state index contributed by atoms with van der Waals surface area (Å²) in [6.07, 6.45) is 59.5. The molecule has 0 aliphatic carbocycles. The average molecular weight is 823 g/mol. The van der Waals surface area contributed by atoms with Crippen molar-refractivity contribution < 1.29 is 24.2 Å². The molecule has 7 nitrogen and oxygen atoms in total. The highest BCUT2D eigenvalue weighted by atomic mass is 16.5. The summed E-state index contributed by atoms with van der Waals surface area (Å²) in [5.41, 5.74) is 5.49. The summed E-state index contributed by atoms with van der Waals surface area (Å²) in [4.78, 5) is 36.5. The second kappa shape index (κ2) is 45.9. The molecule has 0 aliphatic rings. The molecule has 0 heterocycles. The van der Waals surface area contributed by atoms with E-state index in [9.17, 15) is 19.5 Å². The van der Waals surface area contributed by atoms with Crippen LogP contribution in [0.3, 0.4) is 0 Å². The largest absolute Gasteiger partial charge is 0.480 e. The van der Waals surface area contributed by atoms with Crippen LogP contribution in [0.25, 0.3) is 0 Å². The Morgan fingerprint density at radius 3 is 1.41 bits per heavy atom. The zero-order valence-electron chi connectivity index (χ0n) is 38.1. The molecular formula is C52H90N2O5. The van der Waals surface area contributed by atoms with E-state index >= 15 is 0 Å². The van der Waals surface area contributed by atoms with Gasteiger partial charge in [-0.05, 0) is 109 Å². The number of rotatable bonds is 43. The summed E-state index contributed by atoms with van der Waals surface area (Å²) in [5.74, 6) is -1.26. The predicted molar refractivity (Wildman–Crippen MR) is 252 cm³/mol. The van der Waals surface area contributed by atoms with Crippen LogP contribution in [0.5, 0.6) is 0 Å². The lowest BCUT2D eigenvalue weighted by Gasteiger charge is -2.18. The molecule has 0 aromatic carbocycles. The Morgan fingerprint density at radius 1 is 0.508 bits per heavy atom. The van der Waals surface area contributed by atoms with Gasteiger partial charge in [-0.1, -0.05) is 177 Å². The van der Waals surface area contributed by atoms with Gasteiger partial charge in [-0.25, -0.2) is 4.79 Å². The normalized spacial score (nSPS) is 13.3. The highest BCUT2D eigenvalue weighted by Crippen LogP contribution is 2.19. The second-order valence-corrected chi connectivity index (χ2v) is 16.1. The smallest absolute Gasteiger partial charge is 0.326 e. The Balaban J connectivity index is 4.27. The molecule has 0 radical (unpaired) electrons. The minimum Gasteiger partial charge on any atom is -0.480 e. The van der Waals surface area contributed by atoms with E-state index in [4.69, 9.17) is 10.5 Å². The summed E-state index contributed by atoms with van der Waals surface area (Å²) in [6, 6.07) is -0.861. The molecule has 338 valence electrons. The molecule has 0 aromatic heterocycles. The number of ether oxygens (including phenoxy) is 1. The van der Waals surface area contributed by atoms with Gasteiger partial charge in [-0.3, -0.25) is 9.59 Å². The SMILES string of the molecule is CC/C=C\C/C=C\C/C=C\C/C=C\C/C=C\C/C=C\CCCCCCC(=O)OC(CCCCCCCCCCCC)CCCCCCCC(=O)NC(CCCN)C(=O)O. The van der Waals surface area contributed by atoms with Crippen LogP contribution in [0.4, 0.5) is 0 Å². The highest BCUT2D eigenvalue weighted by Gasteiger charge is 2.19. The molecule has 1 amide bonds. The first-order valence-electron chi connectivity index (χ1n) is 24.3. The maximum atomic E-state index is 12.8. The molecule has 0 aromatic rings. The van der Waals surface area contributed by atoms with Crippen LogP contribution in [0, 0.1) is 0 Å². The van der Waals surface area contributed by atoms with E-state index in [1.54, 1.807) is 0 Å². The van der Waals surface area contributed by atoms with Crippen LogP contribution >= 0.6 is 0 Å². The first-order chi connectivity index (χ1) is 28.9. The van der Waals surface area contributed by atoms with E-state index in [2.05, 4.69) is 92.1 Å². The number of esters is 1. The lowest BCUT2D eigenvalue weighted by molar-refractivity contribution is -0.150. The molecule has 0 saturated carbocycles. The molecule has 0 spiro atoms. The number of allylic oxidation sites excluding steroid dienone is 12. The number of hydrogen-bond donors (Lipinski definition) is 3. The van der Waals surface area contributed by atoms with Gasteiger partial charge in [-0.2, -0.15) is 0 Å². The first kappa shape index (κ1) is 55.8. The van der Waals surface area contributed by atoms with E-state index in [1.165, 1.54) is 57.8 Å². The van der Waals surface area contributed by atoms with Crippen molar-refractivity contribution in [3.63, 3.8) is 0 Å². The molecule has 7 heteroatoms. The maximum Gasteiger partial charge on any atom is 0.326 e. The molecule has 2 atom stereocenters. The second-order valence-electron chi connectivity index (χ2n) is 16.1. The number of nitrogens with one attached hydrogen (secondary N) is 1. The van der Waals surface area contributed by atoms with Crippen molar-refractivity contribution >= 4 is 17.8 Å². The minimum atomic E-state index is -1.01. The van der Waals surface area contributed by atoms with Gasteiger partial charge >= 0.3 is 11.9 Å². The summed E-state index contributed by atoms with van der Waals surface area (Å²) in [6.45, 7) is 4.83. The van der Waals surface area contributed by atoms with E-state index in [1.807, 2.05) is 0 Å². The molecule has 0 rings (SSSR count). The Hall–Kier alpha value is -3.19. The van der Waals surface area contributed by atoms with Gasteiger partial charge in [0.25, 0.3) is 0 Å². The van der Waals surface area contributed by atoms with Crippen LogP contribution in [0.15, 0.2) is 72.9 Å². The van der Waals surface area contributed by atoms with Crippen LogP contribution in [0.1, 0.15) is 219 Å². The van der Waals surface area contributed by atoms with Gasteiger partial charge in [0, 0.05) is 12.8 Å². The highest BCUT2D eigenvalue weighted by molar-refractivity contribution is 5.83. The molecule has 0 fully saturated rings. The number of carboxylic acids is 1. The fourth-order valence-electron chi connectivity index (χ4n) is 6.92. The van der Waals surface area contributed by atoms with Crippen molar-refractivity contribution in [2.24, 2.45) is 5.73 Å². The van der Waals surface area contributed by atoms with Gasteiger partial charge in [0.2, 0.25) is 5.91 Å². The van der Waals surface area contributed by atoms with Gasteiger partial charge in [0.15, 0.2) is 0 Å². The molecule has 59 heavy (non-hydrogen) atoms. The molecule has 2 unspecified atom stereocenters. The monoisotopic (exact) mass is 823 g/mol. The summed E-state index contributed by atoms with van der Waals surface area (Å²) >= 11 is 0. The number of nitrogens with two attached hydrogens (primary N) is 1. The molecular weight excluding hydrogens is 733 g/mol. The van der Waals surface area contributed by atoms with Crippen LogP contribution in [0.2, 0.25) is 0 Å². The van der Waals surface area contributed by atoms with E-state index < -0.39 is 12.0 Å². The Kier molecular flexibility index (Phi) is 43.4. The minimum absolute atomic E-state index is 0.00287. The van der Waals surface area contributed by atoms with E-state index in [0.29, 0.717) is 32.2 Å². The lowest BCUT2D eigenvalue weighted by Crippen LogP contribution is -2.40. The maximum absolute atomic E-state index is 12.8. The van der Waals surface area contributed by atoms with Crippen LogP contribution in [-0.4, -0.2) is 41.6 Å². The third-order valence-electron chi connectivity index (χ3n) is 10.5.